The molecule has 0 aliphatic carbocycles. The molecular formula is C22H22NO4+. The Bertz CT molecular complexity index is 880. The van der Waals surface area contributed by atoms with Gasteiger partial charge in [-0.05, 0) is 11.1 Å². The predicted octanol–water partition coefficient (Wildman–Crippen LogP) is 3.26. The van der Waals surface area contributed by atoms with Crippen LogP contribution in [0.15, 0.2) is 72.9 Å². The van der Waals surface area contributed by atoms with E-state index in [1.54, 1.807) is 18.0 Å². The minimum absolute atomic E-state index is 0.0344. The number of hydrogen-bond donors (Lipinski definition) is 0. The minimum Gasteiger partial charge on any atom is -0.485 e. The van der Waals surface area contributed by atoms with Crippen molar-refractivity contribution in [1.29, 1.82) is 0 Å². The molecule has 1 unspecified atom stereocenters. The van der Waals surface area contributed by atoms with Gasteiger partial charge in [-0.2, -0.15) is 0 Å². The second-order valence-electron chi connectivity index (χ2n) is 6.31. The zero-order chi connectivity index (χ0) is 18.5. The molecule has 5 heteroatoms. The van der Waals surface area contributed by atoms with Gasteiger partial charge in [-0.15, -0.1) is 0 Å². The Labute approximate surface area is 158 Å². The Hall–Kier alpha value is -3.05. The van der Waals surface area contributed by atoms with Crippen LogP contribution in [0.1, 0.15) is 22.9 Å². The first-order valence-electron chi connectivity index (χ1n) is 8.92. The van der Waals surface area contributed by atoms with Crippen LogP contribution in [0.3, 0.4) is 0 Å². The Balaban J connectivity index is 1.58. The Morgan fingerprint density at radius 2 is 1.44 bits per heavy atom. The molecule has 1 aliphatic rings. The van der Waals surface area contributed by atoms with Gasteiger partial charge in [0.2, 0.25) is 5.75 Å². The zero-order valence-corrected chi connectivity index (χ0v) is 15.2. The molecule has 2 heterocycles. The molecule has 0 amide bonds. The van der Waals surface area contributed by atoms with Gasteiger partial charge in [-0.25, -0.2) is 0 Å². The summed E-state index contributed by atoms with van der Waals surface area (Å²) in [6, 6.07) is 22.0. The maximum atomic E-state index is 6.08. The van der Waals surface area contributed by atoms with E-state index in [1.807, 2.05) is 66.7 Å². The summed E-state index contributed by atoms with van der Waals surface area (Å²) in [7, 11) is 1.62. The summed E-state index contributed by atoms with van der Waals surface area (Å²) in [6.07, 6.45) is 1.84. The van der Waals surface area contributed by atoms with E-state index in [9.17, 15) is 0 Å². The van der Waals surface area contributed by atoms with Gasteiger partial charge in [0.1, 0.15) is 20.3 Å². The van der Waals surface area contributed by atoms with E-state index in [4.69, 9.17) is 19.0 Å². The summed E-state index contributed by atoms with van der Waals surface area (Å²) in [5.74, 6) is 1.30. The molecule has 2 aromatic carbocycles. The second kappa shape index (κ2) is 8.10. The highest BCUT2D eigenvalue weighted by atomic mass is 16.7. The summed E-state index contributed by atoms with van der Waals surface area (Å²) in [6.45, 7) is 1.60. The summed E-state index contributed by atoms with van der Waals surface area (Å²) < 4.78 is 19.2. The van der Waals surface area contributed by atoms with Gasteiger partial charge in [0.25, 0.3) is 11.9 Å². The van der Waals surface area contributed by atoms with E-state index >= 15 is 0 Å². The molecule has 1 aromatic heterocycles. The molecule has 5 nitrogen and oxygen atoms in total. The fraction of sp³-hybridized carbons (Fsp3) is 0.227. The second-order valence-corrected chi connectivity index (χ2v) is 6.31. The highest BCUT2D eigenvalue weighted by molar-refractivity contribution is 5.38. The Morgan fingerprint density at radius 3 is 1.96 bits per heavy atom. The van der Waals surface area contributed by atoms with Gasteiger partial charge in [0, 0.05) is 4.73 Å². The van der Waals surface area contributed by atoms with Crippen LogP contribution in [0, 0.1) is 0 Å². The lowest BCUT2D eigenvalue weighted by Crippen LogP contribution is -2.44. The Kier molecular flexibility index (Phi) is 5.21. The lowest BCUT2D eigenvalue weighted by Gasteiger charge is -2.12. The molecule has 0 N–H and O–H groups in total. The monoisotopic (exact) mass is 364 g/mol. The lowest BCUT2D eigenvalue weighted by molar-refractivity contribution is -0.891. The summed E-state index contributed by atoms with van der Waals surface area (Å²) in [5.41, 5.74) is 3.09. The van der Waals surface area contributed by atoms with Crippen LogP contribution in [-0.2, 0) is 18.0 Å². The molecule has 138 valence electrons. The SMILES string of the molecule is CO[n+]1cc(OCc2ccccc2)c(OCc2ccccc2)cc1C1CO1. The van der Waals surface area contributed by atoms with Gasteiger partial charge >= 0.3 is 0 Å². The number of hydrogen-bond acceptors (Lipinski definition) is 4. The van der Waals surface area contributed by atoms with Crippen molar-refractivity contribution in [3.05, 3.63) is 89.7 Å². The average Bonchev–Trinajstić information content (AvgIpc) is 3.57. The number of rotatable bonds is 8. The third-order valence-corrected chi connectivity index (χ3v) is 4.35. The van der Waals surface area contributed by atoms with Gasteiger partial charge in [0.15, 0.2) is 11.9 Å². The maximum Gasteiger partial charge on any atom is 0.269 e. The first-order chi connectivity index (χ1) is 13.3. The first-order valence-corrected chi connectivity index (χ1v) is 8.92. The smallest absolute Gasteiger partial charge is 0.269 e. The van der Waals surface area contributed by atoms with E-state index in [1.165, 1.54) is 0 Å². The van der Waals surface area contributed by atoms with Crippen LogP contribution in [0.25, 0.3) is 0 Å². The molecule has 1 saturated heterocycles. The van der Waals surface area contributed by atoms with E-state index in [2.05, 4.69) is 0 Å². The van der Waals surface area contributed by atoms with Gasteiger partial charge < -0.3 is 14.2 Å². The first kappa shape index (κ1) is 17.4. The topological polar surface area (TPSA) is 44.1 Å². The highest BCUT2D eigenvalue weighted by Gasteiger charge is 2.37. The largest absolute Gasteiger partial charge is 0.485 e. The van der Waals surface area contributed by atoms with Crippen LogP contribution < -0.4 is 19.0 Å². The van der Waals surface area contributed by atoms with Gasteiger partial charge in [0.05, 0.1) is 12.7 Å². The molecule has 4 rings (SSSR count). The van der Waals surface area contributed by atoms with Crippen molar-refractivity contribution in [3.63, 3.8) is 0 Å². The van der Waals surface area contributed by atoms with E-state index in [0.29, 0.717) is 31.3 Å². The number of epoxide rings is 1. The molecular weight excluding hydrogens is 342 g/mol. The van der Waals surface area contributed by atoms with Crippen molar-refractivity contribution in [2.45, 2.75) is 19.3 Å². The maximum absolute atomic E-state index is 6.08. The third-order valence-electron chi connectivity index (χ3n) is 4.35. The zero-order valence-electron chi connectivity index (χ0n) is 15.2. The van der Waals surface area contributed by atoms with Gasteiger partial charge in [-0.1, -0.05) is 60.7 Å². The highest BCUT2D eigenvalue weighted by Crippen LogP contribution is 2.34. The van der Waals surface area contributed by atoms with E-state index in [0.717, 1.165) is 16.8 Å². The number of nitrogens with zero attached hydrogens (tertiary/aromatic N) is 1. The predicted molar refractivity (Wildman–Crippen MR) is 99.4 cm³/mol. The lowest BCUT2D eigenvalue weighted by atomic mass is 10.2. The molecule has 0 radical (unpaired) electrons. The normalized spacial score (nSPS) is 15.2. The van der Waals surface area contributed by atoms with Crippen LogP contribution in [0.2, 0.25) is 0 Å². The van der Waals surface area contributed by atoms with Crippen LogP contribution >= 0.6 is 0 Å². The van der Waals surface area contributed by atoms with Crippen molar-refractivity contribution < 1.29 is 23.8 Å². The summed E-state index contributed by atoms with van der Waals surface area (Å²) in [5, 5.41) is 0. The quantitative estimate of drug-likeness (QED) is 0.455. The standard InChI is InChI=1S/C22H22NO4/c1-24-23-13-21(26-15-18-10-6-3-7-11-18)20(12-19(23)22-16-27-22)25-14-17-8-4-2-5-9-17/h2-13,22H,14-16H2,1H3/q+1. The molecule has 1 aliphatic heterocycles. The van der Waals surface area contributed by atoms with Crippen molar-refractivity contribution in [1.82, 2.24) is 0 Å². The van der Waals surface area contributed by atoms with E-state index in [-0.39, 0.29) is 6.10 Å². The third kappa shape index (κ3) is 4.38. The molecule has 1 fully saturated rings. The average molecular weight is 364 g/mol. The van der Waals surface area contributed by atoms with Crippen LogP contribution in [0.4, 0.5) is 0 Å². The van der Waals surface area contributed by atoms with Crippen molar-refractivity contribution in [2.24, 2.45) is 0 Å². The van der Waals surface area contributed by atoms with Crippen molar-refractivity contribution in [2.75, 3.05) is 13.7 Å². The molecule has 0 saturated carbocycles. The van der Waals surface area contributed by atoms with Gasteiger partial charge in [-0.3, -0.25) is 4.84 Å². The molecule has 0 bridgehead atoms. The number of benzene rings is 2. The fourth-order valence-electron chi connectivity index (χ4n) is 2.82. The molecule has 3 aromatic rings. The summed E-state index contributed by atoms with van der Waals surface area (Å²) in [4.78, 5) is 5.46. The number of pyridine rings is 1. The fourth-order valence-corrected chi connectivity index (χ4v) is 2.82. The van der Waals surface area contributed by atoms with Crippen molar-refractivity contribution >= 4 is 0 Å². The summed E-state index contributed by atoms with van der Waals surface area (Å²) >= 11 is 0. The minimum atomic E-state index is 0.0344. The van der Waals surface area contributed by atoms with Crippen LogP contribution in [-0.4, -0.2) is 13.7 Å². The number of aromatic nitrogens is 1. The van der Waals surface area contributed by atoms with E-state index < -0.39 is 0 Å². The molecule has 27 heavy (non-hydrogen) atoms. The molecule has 1 atom stereocenters. The van der Waals surface area contributed by atoms with Crippen molar-refractivity contribution in [3.8, 4) is 11.5 Å². The van der Waals surface area contributed by atoms with Crippen LogP contribution in [0.5, 0.6) is 11.5 Å². The Morgan fingerprint density at radius 1 is 0.889 bits per heavy atom. The number of ether oxygens (including phenoxy) is 3. The molecule has 0 spiro atoms.